The number of aryl methyl sites for hydroxylation is 1. The summed E-state index contributed by atoms with van der Waals surface area (Å²) in [6, 6.07) is 6.43. The first kappa shape index (κ1) is 15.4. The molecule has 0 amide bonds. The fraction of sp³-hybridized carbons (Fsp3) is 0.632. The molecule has 0 unspecified atom stereocenters. The van der Waals surface area contributed by atoms with Crippen molar-refractivity contribution in [2.75, 3.05) is 14.2 Å². The number of fused-ring (bicyclic) bond motifs is 3. The Hall–Kier alpha value is -1.51. The molecule has 0 spiro atoms. The summed E-state index contributed by atoms with van der Waals surface area (Å²) >= 11 is 0. The highest BCUT2D eigenvalue weighted by atomic mass is 16.5. The molecule has 0 heterocycles. The van der Waals surface area contributed by atoms with E-state index in [2.05, 4.69) is 32.0 Å². The second-order valence-electron chi connectivity index (χ2n) is 7.29. The number of hydrogen-bond donors (Lipinski definition) is 0. The van der Waals surface area contributed by atoms with Crippen molar-refractivity contribution in [2.24, 2.45) is 11.3 Å². The van der Waals surface area contributed by atoms with Crippen LogP contribution in [0.2, 0.25) is 0 Å². The molecule has 2 aliphatic carbocycles. The van der Waals surface area contributed by atoms with E-state index >= 15 is 0 Å². The Morgan fingerprint density at radius 1 is 1.23 bits per heavy atom. The van der Waals surface area contributed by atoms with Gasteiger partial charge in [0.05, 0.1) is 19.6 Å². The third-order valence-electron chi connectivity index (χ3n) is 6.21. The predicted molar refractivity (Wildman–Crippen MR) is 86.1 cm³/mol. The average molecular weight is 302 g/mol. The molecule has 0 radical (unpaired) electrons. The number of methoxy groups -OCH3 is 2. The lowest BCUT2D eigenvalue weighted by Gasteiger charge is -2.54. The van der Waals surface area contributed by atoms with Crippen LogP contribution in [-0.4, -0.2) is 20.2 Å². The van der Waals surface area contributed by atoms with Crippen LogP contribution in [0.15, 0.2) is 18.2 Å². The molecule has 3 atom stereocenters. The van der Waals surface area contributed by atoms with Crippen LogP contribution in [0.1, 0.15) is 50.7 Å². The third-order valence-corrected chi connectivity index (χ3v) is 6.21. The van der Waals surface area contributed by atoms with Crippen molar-refractivity contribution >= 4 is 5.97 Å². The molecule has 1 saturated carbocycles. The minimum absolute atomic E-state index is 0.0413. The second-order valence-corrected chi connectivity index (χ2v) is 7.29. The van der Waals surface area contributed by atoms with Gasteiger partial charge in [0.25, 0.3) is 0 Å². The van der Waals surface area contributed by atoms with E-state index in [1.807, 2.05) is 0 Å². The van der Waals surface area contributed by atoms with Crippen molar-refractivity contribution in [3.05, 3.63) is 29.3 Å². The third kappa shape index (κ3) is 2.05. The van der Waals surface area contributed by atoms with E-state index < -0.39 is 0 Å². The van der Waals surface area contributed by atoms with Gasteiger partial charge in [-0.3, -0.25) is 4.79 Å². The van der Waals surface area contributed by atoms with Crippen LogP contribution in [0.3, 0.4) is 0 Å². The van der Waals surface area contributed by atoms with Crippen molar-refractivity contribution in [3.63, 3.8) is 0 Å². The van der Waals surface area contributed by atoms with Gasteiger partial charge >= 0.3 is 5.97 Å². The lowest BCUT2D eigenvalue weighted by molar-refractivity contribution is -0.161. The topological polar surface area (TPSA) is 35.5 Å². The lowest BCUT2D eigenvalue weighted by atomic mass is 9.50. The summed E-state index contributed by atoms with van der Waals surface area (Å²) in [5.74, 6) is 1.23. The van der Waals surface area contributed by atoms with E-state index in [0.29, 0.717) is 5.92 Å². The van der Waals surface area contributed by atoms with E-state index in [9.17, 15) is 4.79 Å². The van der Waals surface area contributed by atoms with E-state index in [1.54, 1.807) is 7.11 Å². The van der Waals surface area contributed by atoms with Gasteiger partial charge in [0, 0.05) is 0 Å². The summed E-state index contributed by atoms with van der Waals surface area (Å²) < 4.78 is 10.5. The van der Waals surface area contributed by atoms with Crippen molar-refractivity contribution < 1.29 is 14.3 Å². The van der Waals surface area contributed by atoms with E-state index in [4.69, 9.17) is 9.47 Å². The summed E-state index contributed by atoms with van der Waals surface area (Å²) in [6.45, 7) is 4.44. The van der Waals surface area contributed by atoms with E-state index in [0.717, 1.165) is 37.9 Å². The first-order valence-electron chi connectivity index (χ1n) is 8.21. The number of carbonyl (C=O) groups is 1. The summed E-state index contributed by atoms with van der Waals surface area (Å²) in [4.78, 5) is 12.5. The van der Waals surface area contributed by atoms with Crippen molar-refractivity contribution in [2.45, 2.75) is 51.4 Å². The summed E-state index contributed by atoms with van der Waals surface area (Å²) in [7, 11) is 3.23. The van der Waals surface area contributed by atoms with Gasteiger partial charge in [0.1, 0.15) is 5.75 Å². The highest BCUT2D eigenvalue weighted by Gasteiger charge is 2.55. The van der Waals surface area contributed by atoms with Crippen molar-refractivity contribution in [1.82, 2.24) is 0 Å². The molecule has 3 nitrogen and oxygen atoms in total. The van der Waals surface area contributed by atoms with Crippen LogP contribution in [0.25, 0.3) is 0 Å². The van der Waals surface area contributed by atoms with E-state index in [1.165, 1.54) is 18.2 Å². The molecule has 0 aliphatic heterocycles. The maximum absolute atomic E-state index is 12.5. The zero-order valence-corrected chi connectivity index (χ0v) is 14.1. The van der Waals surface area contributed by atoms with Crippen LogP contribution < -0.4 is 4.74 Å². The molecule has 120 valence electrons. The molecular weight excluding hydrogens is 276 g/mol. The standard InChI is InChI=1S/C19H26O3/c1-18-10-5-11-19(2,17(20)22-4)16(18)9-6-13-12-14(21-3)7-8-15(13)18/h7-8,12,16H,5-6,9-11H2,1-4H3/t16-,18-,19-/m1/s1. The van der Waals surface area contributed by atoms with Gasteiger partial charge < -0.3 is 9.47 Å². The molecule has 1 aromatic carbocycles. The van der Waals surface area contributed by atoms with Crippen LogP contribution in [0.5, 0.6) is 5.75 Å². The van der Waals surface area contributed by atoms with Crippen molar-refractivity contribution in [1.29, 1.82) is 0 Å². The highest BCUT2D eigenvalue weighted by Crippen LogP contribution is 2.57. The number of benzene rings is 1. The number of hydrogen-bond acceptors (Lipinski definition) is 3. The molecule has 1 fully saturated rings. The smallest absolute Gasteiger partial charge is 0.311 e. The fourth-order valence-corrected chi connectivity index (χ4v) is 5.07. The largest absolute Gasteiger partial charge is 0.497 e. The molecular formula is C19H26O3. The first-order chi connectivity index (χ1) is 10.5. The quantitative estimate of drug-likeness (QED) is 0.778. The Balaban J connectivity index is 2.06. The van der Waals surface area contributed by atoms with Gasteiger partial charge in [0.2, 0.25) is 0 Å². The lowest BCUT2D eigenvalue weighted by Crippen LogP contribution is -2.52. The Morgan fingerprint density at radius 2 is 2.00 bits per heavy atom. The number of carbonyl (C=O) groups excluding carboxylic acids is 1. The molecule has 3 heteroatoms. The molecule has 22 heavy (non-hydrogen) atoms. The van der Waals surface area contributed by atoms with Gasteiger partial charge in [-0.2, -0.15) is 0 Å². The Kier molecular flexibility index (Phi) is 3.70. The Labute approximate surface area is 133 Å². The highest BCUT2D eigenvalue weighted by molar-refractivity contribution is 5.77. The predicted octanol–water partition coefficient (Wildman–Crippen LogP) is 3.88. The average Bonchev–Trinajstić information content (AvgIpc) is 2.53. The second kappa shape index (κ2) is 5.29. The van der Waals surface area contributed by atoms with Gasteiger partial charge in [0.15, 0.2) is 0 Å². The normalized spacial score (nSPS) is 33.5. The van der Waals surface area contributed by atoms with Crippen LogP contribution in [0, 0.1) is 11.3 Å². The first-order valence-corrected chi connectivity index (χ1v) is 8.21. The molecule has 0 bridgehead atoms. The van der Waals surface area contributed by atoms with Crippen LogP contribution >= 0.6 is 0 Å². The molecule has 3 rings (SSSR count). The number of ether oxygens (including phenoxy) is 2. The molecule has 0 aromatic heterocycles. The minimum Gasteiger partial charge on any atom is -0.497 e. The zero-order chi connectivity index (χ0) is 16.0. The Morgan fingerprint density at radius 3 is 2.68 bits per heavy atom. The summed E-state index contributed by atoms with van der Waals surface area (Å²) in [6.07, 6.45) is 5.21. The fourth-order valence-electron chi connectivity index (χ4n) is 5.07. The zero-order valence-electron chi connectivity index (χ0n) is 14.1. The summed E-state index contributed by atoms with van der Waals surface area (Å²) in [5, 5.41) is 0. The van der Waals surface area contributed by atoms with E-state index in [-0.39, 0.29) is 16.8 Å². The van der Waals surface area contributed by atoms with Gasteiger partial charge in [-0.1, -0.05) is 19.4 Å². The molecule has 0 N–H and O–H groups in total. The van der Waals surface area contributed by atoms with Crippen LogP contribution in [-0.2, 0) is 21.4 Å². The maximum Gasteiger partial charge on any atom is 0.311 e. The number of esters is 1. The van der Waals surface area contributed by atoms with Crippen LogP contribution in [0.4, 0.5) is 0 Å². The Bertz CT molecular complexity index is 594. The minimum atomic E-state index is -0.362. The van der Waals surface area contributed by atoms with Gasteiger partial charge in [-0.25, -0.2) is 0 Å². The maximum atomic E-state index is 12.5. The molecule has 2 aliphatic rings. The SMILES string of the molecule is COC(=O)[C@]1(C)CCC[C@]2(C)c3ccc(OC)cc3CC[C@@H]12. The molecule has 1 aromatic rings. The van der Waals surface area contributed by atoms with Gasteiger partial charge in [-0.05, 0) is 67.2 Å². The summed E-state index contributed by atoms with van der Waals surface area (Å²) in [5.41, 5.74) is 2.48. The van der Waals surface area contributed by atoms with Crippen molar-refractivity contribution in [3.8, 4) is 5.75 Å². The molecule has 0 saturated heterocycles. The number of rotatable bonds is 2. The monoisotopic (exact) mass is 302 g/mol. The van der Waals surface area contributed by atoms with Gasteiger partial charge in [-0.15, -0.1) is 0 Å².